The van der Waals surface area contributed by atoms with Crippen molar-refractivity contribution in [2.45, 2.75) is 12.5 Å². The topological polar surface area (TPSA) is 38.9 Å². The van der Waals surface area contributed by atoms with Gasteiger partial charge in [0, 0.05) is 0 Å². The molecule has 3 rings (SSSR count). The molecule has 3 aromatic rings. The molecule has 0 saturated heterocycles. The van der Waals surface area contributed by atoms with E-state index in [1.807, 2.05) is 48.5 Å². The quantitative estimate of drug-likeness (QED) is 0.713. The first-order valence-electron chi connectivity index (χ1n) is 7.25. The van der Waals surface area contributed by atoms with Crippen LogP contribution in [-0.2, 0) is 6.42 Å². The predicted octanol–water partition coefficient (Wildman–Crippen LogP) is 4.64. The molecule has 110 valence electrons. The lowest BCUT2D eigenvalue weighted by Crippen LogP contribution is -2.15. The fourth-order valence-corrected chi connectivity index (χ4v) is 2.69. The number of halogens is 1. The second-order valence-corrected chi connectivity index (χ2v) is 5.65. The van der Waals surface area contributed by atoms with Crippen LogP contribution in [0.25, 0.3) is 11.1 Å². The van der Waals surface area contributed by atoms with Crippen molar-refractivity contribution in [1.29, 1.82) is 0 Å². The number of nitrogens with two attached hydrogens (primary N) is 1. The van der Waals surface area contributed by atoms with Gasteiger partial charge in [-0.1, -0.05) is 72.3 Å². The molecule has 2 aromatic carbocycles. The van der Waals surface area contributed by atoms with Gasteiger partial charge in [-0.05, 0) is 35.2 Å². The fourth-order valence-electron chi connectivity index (χ4n) is 2.48. The maximum Gasteiger partial charge on any atom is 0.130 e. The van der Waals surface area contributed by atoms with E-state index in [9.17, 15) is 0 Å². The van der Waals surface area contributed by atoms with Gasteiger partial charge in [0.25, 0.3) is 0 Å². The Morgan fingerprint density at radius 1 is 0.864 bits per heavy atom. The molecule has 0 aliphatic carbocycles. The summed E-state index contributed by atoms with van der Waals surface area (Å²) in [5, 5.41) is 0.472. The van der Waals surface area contributed by atoms with E-state index in [0.717, 1.165) is 23.2 Å². The first-order valence-corrected chi connectivity index (χ1v) is 7.62. The molecule has 0 saturated carbocycles. The van der Waals surface area contributed by atoms with E-state index in [1.54, 1.807) is 0 Å². The maximum atomic E-state index is 6.32. The van der Waals surface area contributed by atoms with Gasteiger partial charge in [-0.2, -0.15) is 0 Å². The van der Waals surface area contributed by atoms with Crippen LogP contribution < -0.4 is 5.73 Å². The van der Waals surface area contributed by atoms with E-state index in [1.165, 1.54) is 5.56 Å². The zero-order chi connectivity index (χ0) is 15.4. The molecule has 22 heavy (non-hydrogen) atoms. The summed E-state index contributed by atoms with van der Waals surface area (Å²) in [4.78, 5) is 4.40. The van der Waals surface area contributed by atoms with Gasteiger partial charge in [-0.3, -0.25) is 0 Å². The van der Waals surface area contributed by atoms with Gasteiger partial charge in [0.15, 0.2) is 0 Å². The SMILES string of the molecule is NC(Cc1ccccc1)c1cc(-c2ccccc2)cc(Cl)n1. The van der Waals surface area contributed by atoms with Gasteiger partial charge in [0.05, 0.1) is 11.7 Å². The third-order valence-electron chi connectivity index (χ3n) is 3.60. The summed E-state index contributed by atoms with van der Waals surface area (Å²) in [5.74, 6) is 0. The van der Waals surface area contributed by atoms with E-state index in [0.29, 0.717) is 5.15 Å². The van der Waals surface area contributed by atoms with Crippen LogP contribution in [0, 0.1) is 0 Å². The molecule has 0 radical (unpaired) electrons. The molecular weight excluding hydrogens is 292 g/mol. The largest absolute Gasteiger partial charge is 0.322 e. The van der Waals surface area contributed by atoms with Gasteiger partial charge in [0.1, 0.15) is 5.15 Å². The van der Waals surface area contributed by atoms with Crippen LogP contribution in [0.3, 0.4) is 0 Å². The Morgan fingerprint density at radius 2 is 1.50 bits per heavy atom. The minimum Gasteiger partial charge on any atom is -0.322 e. The molecule has 0 aliphatic heterocycles. The molecule has 1 aromatic heterocycles. The average Bonchev–Trinajstić information content (AvgIpc) is 2.56. The van der Waals surface area contributed by atoms with E-state index >= 15 is 0 Å². The van der Waals surface area contributed by atoms with Crippen molar-refractivity contribution in [3.05, 3.63) is 89.2 Å². The van der Waals surface area contributed by atoms with E-state index in [2.05, 4.69) is 29.2 Å². The Balaban J connectivity index is 1.89. The molecular formula is C19H17ClN2. The van der Waals surface area contributed by atoms with Crippen molar-refractivity contribution in [2.75, 3.05) is 0 Å². The first kappa shape index (κ1) is 14.8. The molecule has 0 fully saturated rings. The minimum absolute atomic E-state index is 0.177. The zero-order valence-corrected chi connectivity index (χ0v) is 12.9. The number of nitrogens with zero attached hydrogens (tertiary/aromatic N) is 1. The van der Waals surface area contributed by atoms with Crippen LogP contribution in [0.2, 0.25) is 5.15 Å². The van der Waals surface area contributed by atoms with Crippen LogP contribution >= 0.6 is 11.6 Å². The fraction of sp³-hybridized carbons (Fsp3) is 0.105. The molecule has 0 amide bonds. The van der Waals surface area contributed by atoms with E-state index in [-0.39, 0.29) is 6.04 Å². The van der Waals surface area contributed by atoms with Crippen molar-refractivity contribution in [3.8, 4) is 11.1 Å². The van der Waals surface area contributed by atoms with E-state index in [4.69, 9.17) is 17.3 Å². The number of rotatable bonds is 4. The highest BCUT2D eigenvalue weighted by Crippen LogP contribution is 2.25. The van der Waals surface area contributed by atoms with Gasteiger partial charge in [-0.15, -0.1) is 0 Å². The molecule has 1 heterocycles. The Hall–Kier alpha value is -2.16. The highest BCUT2D eigenvalue weighted by Gasteiger charge is 2.11. The Labute approximate surface area is 135 Å². The lowest BCUT2D eigenvalue weighted by Gasteiger charge is -2.13. The summed E-state index contributed by atoms with van der Waals surface area (Å²) in [5.41, 5.74) is 10.5. The Bertz CT molecular complexity index is 742. The van der Waals surface area contributed by atoms with Crippen molar-refractivity contribution >= 4 is 11.6 Å². The third-order valence-corrected chi connectivity index (χ3v) is 3.79. The number of pyridine rings is 1. The van der Waals surface area contributed by atoms with Crippen molar-refractivity contribution < 1.29 is 0 Å². The molecule has 1 atom stereocenters. The summed E-state index contributed by atoms with van der Waals surface area (Å²) >= 11 is 6.18. The molecule has 3 heteroatoms. The second kappa shape index (κ2) is 6.73. The second-order valence-electron chi connectivity index (χ2n) is 5.27. The van der Waals surface area contributed by atoms with Crippen molar-refractivity contribution in [1.82, 2.24) is 4.98 Å². The predicted molar refractivity (Wildman–Crippen MR) is 91.8 cm³/mol. The Kier molecular flexibility index (Phi) is 4.52. The number of hydrogen-bond acceptors (Lipinski definition) is 2. The lowest BCUT2D eigenvalue weighted by molar-refractivity contribution is 0.697. The van der Waals surface area contributed by atoms with Crippen LogP contribution in [0.1, 0.15) is 17.3 Å². The number of hydrogen-bond donors (Lipinski definition) is 1. The molecule has 2 N–H and O–H groups in total. The van der Waals surface area contributed by atoms with Gasteiger partial charge >= 0.3 is 0 Å². The summed E-state index contributed by atoms with van der Waals surface area (Å²) < 4.78 is 0. The molecule has 0 spiro atoms. The average molecular weight is 309 g/mol. The molecule has 0 bridgehead atoms. The maximum absolute atomic E-state index is 6.32. The molecule has 0 aliphatic rings. The Morgan fingerprint density at radius 3 is 2.18 bits per heavy atom. The summed E-state index contributed by atoms with van der Waals surface area (Å²) in [7, 11) is 0. The highest BCUT2D eigenvalue weighted by atomic mass is 35.5. The van der Waals surface area contributed by atoms with Crippen LogP contribution in [0.4, 0.5) is 0 Å². The summed E-state index contributed by atoms with van der Waals surface area (Å²) in [6.07, 6.45) is 0.739. The lowest BCUT2D eigenvalue weighted by atomic mass is 10.0. The minimum atomic E-state index is -0.177. The summed E-state index contributed by atoms with van der Waals surface area (Å²) in [6.45, 7) is 0. The standard InChI is InChI=1S/C19H17ClN2/c20-19-13-16(15-9-5-2-6-10-15)12-18(22-19)17(21)11-14-7-3-1-4-8-14/h1-10,12-13,17H,11,21H2. The molecule has 1 unspecified atom stereocenters. The van der Waals surface area contributed by atoms with Gasteiger partial charge in [-0.25, -0.2) is 4.98 Å². The monoisotopic (exact) mass is 308 g/mol. The van der Waals surface area contributed by atoms with Crippen LogP contribution in [0.15, 0.2) is 72.8 Å². The third kappa shape index (κ3) is 3.53. The van der Waals surface area contributed by atoms with Gasteiger partial charge in [0.2, 0.25) is 0 Å². The molecule has 2 nitrogen and oxygen atoms in total. The highest BCUT2D eigenvalue weighted by molar-refractivity contribution is 6.29. The summed E-state index contributed by atoms with van der Waals surface area (Å²) in [6, 6.07) is 24.0. The van der Waals surface area contributed by atoms with Crippen LogP contribution in [0.5, 0.6) is 0 Å². The smallest absolute Gasteiger partial charge is 0.130 e. The normalized spacial score (nSPS) is 12.1. The van der Waals surface area contributed by atoms with Crippen molar-refractivity contribution in [3.63, 3.8) is 0 Å². The zero-order valence-electron chi connectivity index (χ0n) is 12.1. The van der Waals surface area contributed by atoms with Crippen molar-refractivity contribution in [2.24, 2.45) is 5.73 Å². The first-order chi connectivity index (χ1) is 10.7. The van der Waals surface area contributed by atoms with E-state index < -0.39 is 0 Å². The number of benzene rings is 2. The van der Waals surface area contributed by atoms with Gasteiger partial charge < -0.3 is 5.73 Å². The number of aromatic nitrogens is 1. The van der Waals surface area contributed by atoms with Crippen LogP contribution in [-0.4, -0.2) is 4.98 Å².